The zero-order valence-corrected chi connectivity index (χ0v) is 13.6. The lowest BCUT2D eigenvalue weighted by molar-refractivity contribution is 0.243. The lowest BCUT2D eigenvalue weighted by Gasteiger charge is -2.23. The number of carbonyl (C=O) groups excluding carboxylic acids is 1. The van der Waals surface area contributed by atoms with Crippen molar-refractivity contribution in [3.63, 3.8) is 0 Å². The van der Waals surface area contributed by atoms with Crippen molar-refractivity contribution in [1.82, 2.24) is 29.4 Å². The van der Waals surface area contributed by atoms with Crippen LogP contribution in [0.3, 0.4) is 0 Å². The van der Waals surface area contributed by atoms with Crippen LogP contribution in [0.2, 0.25) is 0 Å². The Morgan fingerprint density at radius 3 is 3.26 bits per heavy atom. The molecule has 1 aliphatic rings. The average molecular weight is 347 g/mol. The Bertz CT molecular complexity index is 810. The minimum Gasteiger partial charge on any atom is -0.333 e. The van der Waals surface area contributed by atoms with E-state index in [1.54, 1.807) is 17.7 Å². The molecule has 8 nitrogen and oxygen atoms in total. The van der Waals surface area contributed by atoms with E-state index in [9.17, 15) is 4.79 Å². The molecule has 10 heteroatoms. The maximum absolute atomic E-state index is 12.1. The van der Waals surface area contributed by atoms with Crippen molar-refractivity contribution >= 4 is 34.0 Å². The SMILES string of the molecule is O=C(Nc1nc(-c2cccs2)ns1)NC1CCc2ncnn2C1. The molecule has 23 heavy (non-hydrogen) atoms. The predicted octanol–water partition coefficient (Wildman–Crippen LogP) is 1.99. The van der Waals surface area contributed by atoms with Gasteiger partial charge in [0.15, 0.2) is 5.82 Å². The zero-order valence-electron chi connectivity index (χ0n) is 12.0. The first kappa shape index (κ1) is 14.3. The highest BCUT2D eigenvalue weighted by atomic mass is 32.1. The van der Waals surface area contributed by atoms with Crippen molar-refractivity contribution in [1.29, 1.82) is 0 Å². The molecule has 1 atom stereocenters. The lowest BCUT2D eigenvalue weighted by atomic mass is 10.1. The number of thiophene rings is 1. The number of hydrogen-bond acceptors (Lipinski definition) is 7. The summed E-state index contributed by atoms with van der Waals surface area (Å²) in [5.74, 6) is 1.61. The summed E-state index contributed by atoms with van der Waals surface area (Å²) < 4.78 is 6.09. The lowest BCUT2D eigenvalue weighted by Crippen LogP contribution is -2.43. The Hall–Kier alpha value is -2.33. The van der Waals surface area contributed by atoms with Crippen LogP contribution in [-0.4, -0.2) is 36.2 Å². The summed E-state index contributed by atoms with van der Waals surface area (Å²) in [6.07, 6.45) is 3.21. The highest BCUT2D eigenvalue weighted by molar-refractivity contribution is 7.14. The van der Waals surface area contributed by atoms with E-state index in [0.29, 0.717) is 17.5 Å². The van der Waals surface area contributed by atoms with Gasteiger partial charge in [-0.25, -0.2) is 14.5 Å². The number of aryl methyl sites for hydroxylation is 1. The molecule has 3 aromatic heterocycles. The summed E-state index contributed by atoms with van der Waals surface area (Å²) >= 11 is 2.74. The standard InChI is InChI=1S/C13H13N7OS2/c21-12(16-8-3-4-10-14-7-15-20(10)6-8)18-13-17-11(19-23-13)9-2-1-5-22-9/h1-2,5,7-8H,3-4,6H2,(H2,16,17,18,19,21). The highest BCUT2D eigenvalue weighted by Gasteiger charge is 2.21. The van der Waals surface area contributed by atoms with Gasteiger partial charge in [-0.15, -0.1) is 11.3 Å². The third kappa shape index (κ3) is 3.08. The van der Waals surface area contributed by atoms with Gasteiger partial charge >= 0.3 is 6.03 Å². The summed E-state index contributed by atoms with van der Waals surface area (Å²) in [6, 6.07) is 3.66. The molecule has 3 aromatic rings. The van der Waals surface area contributed by atoms with Crippen LogP contribution in [0, 0.1) is 0 Å². The van der Waals surface area contributed by atoms with Crippen molar-refractivity contribution in [2.75, 3.05) is 5.32 Å². The van der Waals surface area contributed by atoms with Gasteiger partial charge in [-0.1, -0.05) is 6.07 Å². The van der Waals surface area contributed by atoms with Crippen LogP contribution >= 0.6 is 22.9 Å². The fourth-order valence-electron chi connectivity index (χ4n) is 2.45. The summed E-state index contributed by atoms with van der Waals surface area (Å²) in [6.45, 7) is 0.638. The summed E-state index contributed by atoms with van der Waals surface area (Å²) in [5.41, 5.74) is 0. The van der Waals surface area contributed by atoms with Crippen molar-refractivity contribution in [2.45, 2.75) is 25.4 Å². The molecule has 0 fully saturated rings. The normalized spacial score (nSPS) is 16.8. The Kier molecular flexibility index (Phi) is 3.75. The molecule has 0 saturated heterocycles. The molecule has 0 aromatic carbocycles. The minimum absolute atomic E-state index is 0.0360. The second kappa shape index (κ2) is 6.05. The molecule has 1 unspecified atom stereocenters. The topological polar surface area (TPSA) is 97.6 Å². The average Bonchev–Trinajstić information content (AvgIpc) is 3.27. The van der Waals surface area contributed by atoms with E-state index in [4.69, 9.17) is 0 Å². The number of carbonyl (C=O) groups is 1. The number of amides is 2. The van der Waals surface area contributed by atoms with E-state index in [1.165, 1.54) is 11.5 Å². The highest BCUT2D eigenvalue weighted by Crippen LogP contribution is 2.25. The van der Waals surface area contributed by atoms with Crippen molar-refractivity contribution in [2.24, 2.45) is 0 Å². The first-order valence-corrected chi connectivity index (χ1v) is 8.75. The molecular weight excluding hydrogens is 334 g/mol. The maximum Gasteiger partial charge on any atom is 0.321 e. The second-order valence-corrected chi connectivity index (χ2v) is 6.79. The molecule has 0 bridgehead atoms. The van der Waals surface area contributed by atoms with Crippen LogP contribution in [0.1, 0.15) is 12.2 Å². The van der Waals surface area contributed by atoms with Crippen LogP contribution in [-0.2, 0) is 13.0 Å². The third-order valence-corrected chi connectivity index (χ3v) is 5.03. The third-order valence-electron chi connectivity index (χ3n) is 3.53. The number of nitrogens with one attached hydrogen (secondary N) is 2. The van der Waals surface area contributed by atoms with Gasteiger partial charge in [-0.3, -0.25) is 5.32 Å². The zero-order chi connectivity index (χ0) is 15.6. The van der Waals surface area contributed by atoms with Gasteiger partial charge in [-0.2, -0.15) is 14.5 Å². The molecule has 2 amide bonds. The van der Waals surface area contributed by atoms with Gasteiger partial charge in [0.2, 0.25) is 5.13 Å². The smallest absolute Gasteiger partial charge is 0.321 e. The van der Waals surface area contributed by atoms with Crippen LogP contribution in [0.15, 0.2) is 23.8 Å². The Morgan fingerprint density at radius 1 is 1.43 bits per heavy atom. The molecular formula is C13H13N7OS2. The van der Waals surface area contributed by atoms with Crippen molar-refractivity contribution in [3.05, 3.63) is 29.7 Å². The molecule has 4 rings (SSSR count). The molecule has 118 valence electrons. The Morgan fingerprint density at radius 2 is 2.39 bits per heavy atom. The number of fused-ring (bicyclic) bond motifs is 1. The molecule has 0 saturated carbocycles. The largest absolute Gasteiger partial charge is 0.333 e. The summed E-state index contributed by atoms with van der Waals surface area (Å²) in [7, 11) is 0. The van der Waals surface area contributed by atoms with Gasteiger partial charge in [0.1, 0.15) is 12.2 Å². The number of rotatable bonds is 3. The number of anilines is 1. The fourth-order valence-corrected chi connectivity index (χ4v) is 3.75. The minimum atomic E-state index is -0.271. The van der Waals surface area contributed by atoms with Gasteiger partial charge in [0, 0.05) is 18.0 Å². The molecule has 0 aliphatic carbocycles. The number of urea groups is 1. The van der Waals surface area contributed by atoms with Crippen molar-refractivity contribution in [3.8, 4) is 10.7 Å². The van der Waals surface area contributed by atoms with Crippen LogP contribution in [0.4, 0.5) is 9.93 Å². The Labute approximate surface area is 139 Å². The fraction of sp³-hybridized carbons (Fsp3) is 0.308. The second-order valence-electron chi connectivity index (χ2n) is 5.09. The van der Waals surface area contributed by atoms with Gasteiger partial charge < -0.3 is 5.32 Å². The first-order chi connectivity index (χ1) is 11.3. The Balaban J connectivity index is 1.36. The van der Waals surface area contributed by atoms with E-state index < -0.39 is 0 Å². The maximum atomic E-state index is 12.1. The van der Waals surface area contributed by atoms with Gasteiger partial charge in [0.05, 0.1) is 17.5 Å². The van der Waals surface area contributed by atoms with Gasteiger partial charge in [-0.05, 0) is 17.9 Å². The number of hydrogen-bond donors (Lipinski definition) is 2. The van der Waals surface area contributed by atoms with Crippen LogP contribution in [0.25, 0.3) is 10.7 Å². The molecule has 2 N–H and O–H groups in total. The van der Waals surface area contributed by atoms with Crippen LogP contribution in [0.5, 0.6) is 0 Å². The molecule has 0 spiro atoms. The number of nitrogens with zero attached hydrogens (tertiary/aromatic N) is 5. The molecule has 0 radical (unpaired) electrons. The van der Waals surface area contributed by atoms with E-state index >= 15 is 0 Å². The van der Waals surface area contributed by atoms with Crippen molar-refractivity contribution < 1.29 is 4.79 Å². The monoisotopic (exact) mass is 347 g/mol. The van der Waals surface area contributed by atoms with E-state index in [2.05, 4.69) is 30.1 Å². The molecule has 1 aliphatic heterocycles. The quantitative estimate of drug-likeness (QED) is 0.755. The van der Waals surface area contributed by atoms with Crippen LogP contribution < -0.4 is 10.6 Å². The number of aromatic nitrogens is 5. The van der Waals surface area contributed by atoms with E-state index in [-0.39, 0.29) is 12.1 Å². The predicted molar refractivity (Wildman–Crippen MR) is 87.5 cm³/mol. The van der Waals surface area contributed by atoms with E-state index in [1.807, 2.05) is 22.2 Å². The van der Waals surface area contributed by atoms with E-state index in [0.717, 1.165) is 23.5 Å². The summed E-state index contributed by atoms with van der Waals surface area (Å²) in [5, 5.41) is 12.3. The van der Waals surface area contributed by atoms with Gasteiger partial charge in [0.25, 0.3) is 0 Å². The first-order valence-electron chi connectivity index (χ1n) is 7.10. The summed E-state index contributed by atoms with van der Waals surface area (Å²) in [4.78, 5) is 21.6. The molecule has 4 heterocycles.